The van der Waals surface area contributed by atoms with E-state index in [4.69, 9.17) is 4.42 Å². The lowest BCUT2D eigenvalue weighted by molar-refractivity contribution is 0.0939. The molecule has 1 fully saturated rings. The third kappa shape index (κ3) is 3.37. The number of carbonyl (C=O) groups is 1. The molecule has 1 aromatic heterocycles. The minimum absolute atomic E-state index is 0.0479. The van der Waals surface area contributed by atoms with Crippen LogP contribution in [0.4, 0.5) is 0 Å². The Labute approximate surface area is 116 Å². The molecule has 1 aromatic rings. The van der Waals surface area contributed by atoms with Gasteiger partial charge in [0.05, 0.1) is 11.8 Å². The molecular formula is C14H20BrNO2. The Hall–Kier alpha value is -0.770. The van der Waals surface area contributed by atoms with Crippen LogP contribution < -0.4 is 5.32 Å². The van der Waals surface area contributed by atoms with Crippen molar-refractivity contribution >= 4 is 21.8 Å². The minimum atomic E-state index is -0.0479. The predicted octanol–water partition coefficient (Wildman–Crippen LogP) is 3.99. The normalized spacial score (nSPS) is 23.9. The number of hydrogen-bond acceptors (Lipinski definition) is 2. The third-order valence-corrected chi connectivity index (χ3v) is 4.57. The van der Waals surface area contributed by atoms with Gasteiger partial charge in [0.2, 0.25) is 0 Å². The lowest BCUT2D eigenvalue weighted by atomic mass is 9.81. The fourth-order valence-corrected chi connectivity index (χ4v) is 3.05. The molecule has 1 heterocycles. The zero-order valence-corrected chi connectivity index (χ0v) is 12.3. The zero-order chi connectivity index (χ0) is 13.0. The lowest BCUT2D eigenvalue weighted by Gasteiger charge is -2.27. The van der Waals surface area contributed by atoms with Crippen molar-refractivity contribution in [3.63, 3.8) is 0 Å². The van der Waals surface area contributed by atoms with Gasteiger partial charge in [0.25, 0.3) is 5.91 Å². The summed E-state index contributed by atoms with van der Waals surface area (Å²) < 4.78 is 5.57. The maximum atomic E-state index is 11.9. The Balaban J connectivity index is 1.76. The first-order valence-corrected chi connectivity index (χ1v) is 7.51. The van der Waals surface area contributed by atoms with E-state index in [2.05, 4.69) is 28.2 Å². The summed E-state index contributed by atoms with van der Waals surface area (Å²) in [5, 5.41) is 3.00. The summed E-state index contributed by atoms with van der Waals surface area (Å²) in [6.07, 6.45) is 7.92. The molecule has 0 aliphatic heterocycles. The molecular weight excluding hydrogens is 294 g/mol. The third-order valence-electron chi connectivity index (χ3n) is 3.96. The Kier molecular flexibility index (Phi) is 4.87. The van der Waals surface area contributed by atoms with Crippen molar-refractivity contribution in [2.75, 3.05) is 6.54 Å². The number of hydrogen-bond donors (Lipinski definition) is 1. The molecule has 1 aliphatic rings. The van der Waals surface area contributed by atoms with E-state index in [1.54, 1.807) is 6.07 Å². The number of amides is 1. The smallest absolute Gasteiger partial charge is 0.255 e. The van der Waals surface area contributed by atoms with Crippen LogP contribution in [0.25, 0.3) is 0 Å². The molecule has 1 aliphatic carbocycles. The topological polar surface area (TPSA) is 42.2 Å². The predicted molar refractivity (Wildman–Crippen MR) is 74.5 cm³/mol. The highest BCUT2D eigenvalue weighted by molar-refractivity contribution is 9.10. The van der Waals surface area contributed by atoms with Gasteiger partial charge in [0.1, 0.15) is 0 Å². The van der Waals surface area contributed by atoms with Crippen molar-refractivity contribution in [1.82, 2.24) is 5.32 Å². The Morgan fingerprint density at radius 2 is 2.06 bits per heavy atom. The summed E-state index contributed by atoms with van der Waals surface area (Å²) in [6.45, 7) is 3.05. The van der Waals surface area contributed by atoms with E-state index in [9.17, 15) is 4.79 Å². The van der Waals surface area contributed by atoms with Crippen LogP contribution >= 0.6 is 15.9 Å². The van der Waals surface area contributed by atoms with Gasteiger partial charge in [-0.25, -0.2) is 0 Å². The summed E-state index contributed by atoms with van der Waals surface area (Å²) in [5.74, 6) is 1.50. The van der Waals surface area contributed by atoms with E-state index >= 15 is 0 Å². The zero-order valence-electron chi connectivity index (χ0n) is 10.7. The van der Waals surface area contributed by atoms with Crippen LogP contribution in [0.5, 0.6) is 0 Å². The fourth-order valence-electron chi connectivity index (χ4n) is 2.63. The maximum Gasteiger partial charge on any atom is 0.255 e. The van der Waals surface area contributed by atoms with Crippen LogP contribution in [-0.4, -0.2) is 12.5 Å². The summed E-state index contributed by atoms with van der Waals surface area (Å²) in [7, 11) is 0. The van der Waals surface area contributed by atoms with Crippen molar-refractivity contribution in [3.8, 4) is 0 Å². The average Bonchev–Trinajstić information content (AvgIpc) is 2.83. The van der Waals surface area contributed by atoms with Gasteiger partial charge in [-0.05, 0) is 46.7 Å². The summed E-state index contributed by atoms with van der Waals surface area (Å²) in [5.41, 5.74) is 0.581. The molecule has 100 valence electrons. The first-order chi connectivity index (χ1) is 8.70. The molecule has 0 aromatic carbocycles. The molecule has 18 heavy (non-hydrogen) atoms. The summed E-state index contributed by atoms with van der Waals surface area (Å²) in [6, 6.07) is 1.69. The van der Waals surface area contributed by atoms with Crippen LogP contribution in [-0.2, 0) is 0 Å². The number of furan rings is 1. The molecule has 2 rings (SSSR count). The number of rotatable bonds is 4. The Morgan fingerprint density at radius 3 is 2.61 bits per heavy atom. The molecule has 3 nitrogen and oxygen atoms in total. The van der Waals surface area contributed by atoms with Crippen molar-refractivity contribution in [2.24, 2.45) is 11.8 Å². The van der Waals surface area contributed by atoms with Gasteiger partial charge in [-0.3, -0.25) is 4.79 Å². The Morgan fingerprint density at radius 1 is 1.39 bits per heavy atom. The van der Waals surface area contributed by atoms with E-state index in [1.807, 2.05) is 0 Å². The van der Waals surface area contributed by atoms with Gasteiger partial charge in [0, 0.05) is 6.54 Å². The molecule has 1 amide bonds. The Bertz CT molecular complexity index is 394. The van der Waals surface area contributed by atoms with E-state index < -0.39 is 0 Å². The van der Waals surface area contributed by atoms with Crippen molar-refractivity contribution in [1.29, 1.82) is 0 Å². The lowest BCUT2D eigenvalue weighted by Crippen LogP contribution is -2.31. The van der Waals surface area contributed by atoms with Gasteiger partial charge < -0.3 is 9.73 Å². The summed E-state index contributed by atoms with van der Waals surface area (Å²) >= 11 is 3.22. The van der Waals surface area contributed by atoms with Crippen LogP contribution in [0, 0.1) is 11.8 Å². The molecule has 0 bridgehead atoms. The molecule has 0 unspecified atom stereocenters. The number of carbonyl (C=O) groups excluding carboxylic acids is 1. The first kappa shape index (κ1) is 13.7. The van der Waals surface area contributed by atoms with Gasteiger partial charge in [0.15, 0.2) is 4.67 Å². The summed E-state index contributed by atoms with van der Waals surface area (Å²) in [4.78, 5) is 11.9. The monoisotopic (exact) mass is 313 g/mol. The molecule has 4 heteroatoms. The molecule has 0 radical (unpaired) electrons. The number of nitrogens with one attached hydrogen (secondary N) is 1. The highest BCUT2D eigenvalue weighted by Crippen LogP contribution is 2.30. The largest absolute Gasteiger partial charge is 0.457 e. The van der Waals surface area contributed by atoms with E-state index in [1.165, 1.54) is 38.4 Å². The molecule has 1 N–H and O–H groups in total. The standard InChI is InChI=1S/C14H20BrNO2/c1-2-10-3-5-11(6-4-10)9-16-14(17)12-7-8-18-13(12)15/h7-8,10-11H,2-6,9H2,1H3,(H,16,17). The van der Waals surface area contributed by atoms with E-state index in [-0.39, 0.29) is 5.91 Å². The van der Waals surface area contributed by atoms with Gasteiger partial charge in [-0.2, -0.15) is 0 Å². The van der Waals surface area contributed by atoms with Crippen molar-refractivity contribution in [2.45, 2.75) is 39.0 Å². The minimum Gasteiger partial charge on any atom is -0.457 e. The maximum absolute atomic E-state index is 11.9. The van der Waals surface area contributed by atoms with Crippen molar-refractivity contribution < 1.29 is 9.21 Å². The number of halogens is 1. The molecule has 0 saturated heterocycles. The second-order valence-corrected chi connectivity index (χ2v) is 5.83. The van der Waals surface area contributed by atoms with Crippen LogP contribution in [0.15, 0.2) is 21.4 Å². The van der Waals surface area contributed by atoms with Crippen LogP contribution in [0.1, 0.15) is 49.4 Å². The molecule has 1 saturated carbocycles. The molecule has 0 atom stereocenters. The SMILES string of the molecule is CCC1CCC(CNC(=O)c2ccoc2Br)CC1. The first-order valence-electron chi connectivity index (χ1n) is 6.72. The highest BCUT2D eigenvalue weighted by atomic mass is 79.9. The van der Waals surface area contributed by atoms with Crippen LogP contribution in [0.2, 0.25) is 0 Å². The van der Waals surface area contributed by atoms with Gasteiger partial charge in [-0.1, -0.05) is 26.2 Å². The van der Waals surface area contributed by atoms with Gasteiger partial charge >= 0.3 is 0 Å². The van der Waals surface area contributed by atoms with Gasteiger partial charge in [-0.15, -0.1) is 0 Å². The van der Waals surface area contributed by atoms with E-state index in [0.29, 0.717) is 16.2 Å². The highest BCUT2D eigenvalue weighted by Gasteiger charge is 2.21. The molecule has 0 spiro atoms. The average molecular weight is 314 g/mol. The quantitative estimate of drug-likeness (QED) is 0.913. The second kappa shape index (κ2) is 6.41. The van der Waals surface area contributed by atoms with Crippen molar-refractivity contribution in [3.05, 3.63) is 22.6 Å². The van der Waals surface area contributed by atoms with E-state index in [0.717, 1.165) is 12.5 Å². The second-order valence-electron chi connectivity index (χ2n) is 5.11. The fraction of sp³-hybridized carbons (Fsp3) is 0.643. The van der Waals surface area contributed by atoms with Crippen LogP contribution in [0.3, 0.4) is 0 Å².